The molecule has 0 saturated heterocycles. The summed E-state index contributed by atoms with van der Waals surface area (Å²) in [5, 5.41) is 9.11. The van der Waals surface area contributed by atoms with Crippen LogP contribution in [0.3, 0.4) is 0 Å². The number of nitriles is 1. The molecule has 0 radical (unpaired) electrons. The molecule has 2 rings (SSSR count). The van der Waals surface area contributed by atoms with Crippen LogP contribution in [-0.4, -0.2) is 5.78 Å². The number of hydrogen-bond acceptors (Lipinski definition) is 2. The van der Waals surface area contributed by atoms with E-state index in [2.05, 4.69) is 12.6 Å². The molecule has 2 aliphatic carbocycles. The van der Waals surface area contributed by atoms with Crippen LogP contribution in [0.4, 0.5) is 0 Å². The van der Waals surface area contributed by atoms with E-state index in [1.165, 1.54) is 0 Å². The monoisotopic (exact) mass is 175 g/mol. The van der Waals surface area contributed by atoms with Gasteiger partial charge in [0, 0.05) is 6.42 Å². The Bertz CT molecular complexity index is 302. The molecule has 2 heteroatoms. The third kappa shape index (κ3) is 0.966. The predicted octanol–water partition coefficient (Wildman–Crippen LogP) is 2.07. The Morgan fingerprint density at radius 2 is 2.46 bits per heavy atom. The summed E-state index contributed by atoms with van der Waals surface area (Å²) in [7, 11) is 0. The van der Waals surface area contributed by atoms with E-state index in [0.29, 0.717) is 18.3 Å². The smallest absolute Gasteiger partial charge is 0.153 e. The van der Waals surface area contributed by atoms with E-state index in [9.17, 15) is 4.79 Å². The lowest BCUT2D eigenvalue weighted by atomic mass is 9.81. The molecule has 0 aromatic rings. The standard InChI is InChI=1S/C11H13NO/c1-2-8-5-9-3-4-10(13)11(9,6-8)7-12/h2,8-9H,1,3-6H2/t8-,9-,11-/m1/s1. The number of ketones is 1. The molecule has 0 heterocycles. The highest BCUT2D eigenvalue weighted by Crippen LogP contribution is 2.54. The third-order valence-electron chi connectivity index (χ3n) is 3.62. The Hall–Kier alpha value is -1.10. The second kappa shape index (κ2) is 2.70. The number of nitrogens with zero attached hydrogens (tertiary/aromatic N) is 1. The zero-order chi connectivity index (χ0) is 9.47. The van der Waals surface area contributed by atoms with Crippen molar-refractivity contribution in [3.8, 4) is 6.07 Å². The van der Waals surface area contributed by atoms with Crippen LogP contribution in [-0.2, 0) is 4.79 Å². The topological polar surface area (TPSA) is 40.9 Å². The number of carbonyl (C=O) groups excluding carboxylic acids is 1. The summed E-state index contributed by atoms with van der Waals surface area (Å²) in [6, 6.07) is 2.26. The summed E-state index contributed by atoms with van der Waals surface area (Å²) in [6.07, 6.45) is 5.13. The molecule has 0 unspecified atom stereocenters. The highest BCUT2D eigenvalue weighted by molar-refractivity contribution is 5.90. The molecule has 68 valence electrons. The van der Waals surface area contributed by atoms with Crippen LogP contribution in [0.25, 0.3) is 0 Å². The van der Waals surface area contributed by atoms with Gasteiger partial charge in [0.2, 0.25) is 0 Å². The molecule has 2 aliphatic rings. The molecular weight excluding hydrogens is 162 g/mol. The first-order chi connectivity index (χ1) is 6.23. The van der Waals surface area contributed by atoms with E-state index in [-0.39, 0.29) is 5.78 Å². The number of Topliss-reactive ketones (excluding diaryl/α,β-unsaturated/α-hetero) is 1. The minimum atomic E-state index is -0.626. The Morgan fingerprint density at radius 3 is 3.00 bits per heavy atom. The molecular formula is C11H13NO. The highest BCUT2D eigenvalue weighted by Gasteiger charge is 2.55. The van der Waals surface area contributed by atoms with Crippen LogP contribution in [0.5, 0.6) is 0 Å². The van der Waals surface area contributed by atoms with Gasteiger partial charge >= 0.3 is 0 Å². The van der Waals surface area contributed by atoms with Crippen molar-refractivity contribution < 1.29 is 4.79 Å². The fourth-order valence-electron chi connectivity index (χ4n) is 2.84. The third-order valence-corrected chi connectivity index (χ3v) is 3.62. The molecule has 0 amide bonds. The lowest BCUT2D eigenvalue weighted by molar-refractivity contribution is -0.123. The maximum Gasteiger partial charge on any atom is 0.153 e. The van der Waals surface area contributed by atoms with Gasteiger partial charge in [-0.3, -0.25) is 4.79 Å². The number of fused-ring (bicyclic) bond motifs is 1. The summed E-state index contributed by atoms with van der Waals surface area (Å²) < 4.78 is 0. The average Bonchev–Trinajstić information content (AvgIpc) is 2.64. The second-order valence-corrected chi connectivity index (χ2v) is 4.18. The van der Waals surface area contributed by atoms with Gasteiger partial charge in [-0.05, 0) is 31.1 Å². The van der Waals surface area contributed by atoms with Crippen molar-refractivity contribution >= 4 is 5.78 Å². The minimum absolute atomic E-state index is 0.171. The zero-order valence-electron chi connectivity index (χ0n) is 7.62. The van der Waals surface area contributed by atoms with Crippen molar-refractivity contribution in [3.63, 3.8) is 0 Å². The Labute approximate surface area is 78.2 Å². The first kappa shape index (κ1) is 8.50. The van der Waals surface area contributed by atoms with E-state index < -0.39 is 5.41 Å². The summed E-state index contributed by atoms with van der Waals surface area (Å²) >= 11 is 0. The Kier molecular flexibility index (Phi) is 1.76. The summed E-state index contributed by atoms with van der Waals surface area (Å²) in [5.74, 6) is 0.867. The predicted molar refractivity (Wildman–Crippen MR) is 48.7 cm³/mol. The number of allylic oxidation sites excluding steroid dienone is 1. The molecule has 2 nitrogen and oxygen atoms in total. The van der Waals surface area contributed by atoms with Crippen molar-refractivity contribution in [1.29, 1.82) is 5.26 Å². The largest absolute Gasteiger partial charge is 0.298 e. The van der Waals surface area contributed by atoms with Crippen molar-refractivity contribution in [2.24, 2.45) is 17.3 Å². The zero-order valence-corrected chi connectivity index (χ0v) is 7.62. The van der Waals surface area contributed by atoms with Gasteiger partial charge in [0.05, 0.1) is 6.07 Å². The van der Waals surface area contributed by atoms with E-state index in [1.54, 1.807) is 0 Å². The lowest BCUT2D eigenvalue weighted by Crippen LogP contribution is -2.26. The van der Waals surface area contributed by atoms with Crippen LogP contribution < -0.4 is 0 Å². The van der Waals surface area contributed by atoms with Crippen molar-refractivity contribution in [2.45, 2.75) is 25.7 Å². The van der Waals surface area contributed by atoms with Gasteiger partial charge in [-0.1, -0.05) is 6.08 Å². The van der Waals surface area contributed by atoms with Gasteiger partial charge in [0.1, 0.15) is 5.41 Å². The first-order valence-electron chi connectivity index (χ1n) is 4.80. The SMILES string of the molecule is C=C[C@@H]1C[C@H]2CCC(=O)[C@@]2(C#N)C1. The van der Waals surface area contributed by atoms with Gasteiger partial charge in [-0.15, -0.1) is 6.58 Å². The molecule has 2 fully saturated rings. The summed E-state index contributed by atoms with van der Waals surface area (Å²) in [5.41, 5.74) is -0.626. The van der Waals surface area contributed by atoms with Crippen molar-refractivity contribution in [1.82, 2.24) is 0 Å². The molecule has 3 atom stereocenters. The fraction of sp³-hybridized carbons (Fsp3) is 0.636. The second-order valence-electron chi connectivity index (χ2n) is 4.18. The number of hydrogen-bond donors (Lipinski definition) is 0. The Balaban J connectivity index is 2.32. The molecule has 0 aromatic carbocycles. The van der Waals surface area contributed by atoms with E-state index >= 15 is 0 Å². The normalized spacial score (nSPS) is 42.8. The van der Waals surface area contributed by atoms with Gasteiger partial charge in [-0.2, -0.15) is 5.26 Å². The molecule has 0 bridgehead atoms. The van der Waals surface area contributed by atoms with Crippen LogP contribution in [0.2, 0.25) is 0 Å². The van der Waals surface area contributed by atoms with Gasteiger partial charge in [0.25, 0.3) is 0 Å². The summed E-state index contributed by atoms with van der Waals surface area (Å²) in [4.78, 5) is 11.6. The van der Waals surface area contributed by atoms with Gasteiger partial charge in [0.15, 0.2) is 5.78 Å². The quantitative estimate of drug-likeness (QED) is 0.572. The first-order valence-corrected chi connectivity index (χ1v) is 4.80. The van der Waals surface area contributed by atoms with Crippen LogP contribution in [0, 0.1) is 28.6 Å². The van der Waals surface area contributed by atoms with Gasteiger partial charge < -0.3 is 0 Å². The molecule has 0 N–H and O–H groups in total. The molecule has 0 spiro atoms. The van der Waals surface area contributed by atoms with Crippen molar-refractivity contribution in [2.75, 3.05) is 0 Å². The molecule has 0 aliphatic heterocycles. The van der Waals surface area contributed by atoms with E-state index in [1.807, 2.05) is 6.08 Å². The Morgan fingerprint density at radius 1 is 1.69 bits per heavy atom. The maximum atomic E-state index is 11.6. The molecule has 13 heavy (non-hydrogen) atoms. The van der Waals surface area contributed by atoms with Crippen LogP contribution in [0.1, 0.15) is 25.7 Å². The minimum Gasteiger partial charge on any atom is -0.298 e. The lowest BCUT2D eigenvalue weighted by Gasteiger charge is -2.17. The molecule has 0 aromatic heterocycles. The average molecular weight is 175 g/mol. The highest BCUT2D eigenvalue weighted by atomic mass is 16.1. The number of rotatable bonds is 1. The van der Waals surface area contributed by atoms with Crippen molar-refractivity contribution in [3.05, 3.63) is 12.7 Å². The number of carbonyl (C=O) groups is 1. The fourth-order valence-corrected chi connectivity index (χ4v) is 2.84. The molecule has 2 saturated carbocycles. The summed E-state index contributed by atoms with van der Waals surface area (Å²) in [6.45, 7) is 3.74. The maximum absolute atomic E-state index is 11.6. The van der Waals surface area contributed by atoms with Crippen LogP contribution >= 0.6 is 0 Å². The van der Waals surface area contributed by atoms with E-state index in [0.717, 1.165) is 19.3 Å². The van der Waals surface area contributed by atoms with E-state index in [4.69, 9.17) is 5.26 Å². The van der Waals surface area contributed by atoms with Crippen LogP contribution in [0.15, 0.2) is 12.7 Å². The van der Waals surface area contributed by atoms with Gasteiger partial charge in [-0.25, -0.2) is 0 Å².